The average molecular weight is 439 g/mol. The van der Waals surface area contributed by atoms with Crippen molar-refractivity contribution in [3.63, 3.8) is 0 Å². The van der Waals surface area contributed by atoms with Crippen LogP contribution in [0.15, 0.2) is 53.2 Å². The minimum atomic E-state index is -3.54. The third kappa shape index (κ3) is 4.66. The summed E-state index contributed by atoms with van der Waals surface area (Å²) in [6.07, 6.45) is 7.33. The standard InChI is InChI=1S/C22H26N6O2S/c1-3-16(2)18(10-7-12-25-31(29,30)15-17-8-5-4-6-9-17)22-27-26-20-14-24-21-19(28(20)22)11-13-23-21/h4-6,8-9,11-14,16,18,23H,3,7,10,15H2,1-2H3/t16-,18+/m1/s1. The quantitative estimate of drug-likeness (QED) is 0.396. The highest BCUT2D eigenvalue weighted by Crippen LogP contribution is 2.31. The fourth-order valence-corrected chi connectivity index (χ4v) is 4.85. The molecule has 4 rings (SSSR count). The lowest BCUT2D eigenvalue weighted by atomic mass is 9.87. The summed E-state index contributed by atoms with van der Waals surface area (Å²) < 4.78 is 30.6. The van der Waals surface area contributed by atoms with Gasteiger partial charge in [-0.1, -0.05) is 50.6 Å². The van der Waals surface area contributed by atoms with Crippen LogP contribution in [0.3, 0.4) is 0 Å². The second-order valence-electron chi connectivity index (χ2n) is 7.79. The summed E-state index contributed by atoms with van der Waals surface area (Å²) in [4.78, 5) is 7.50. The van der Waals surface area contributed by atoms with Gasteiger partial charge in [0.05, 0.1) is 17.5 Å². The normalized spacial score (nSPS) is 14.5. The molecule has 0 aliphatic heterocycles. The van der Waals surface area contributed by atoms with E-state index in [9.17, 15) is 8.42 Å². The molecule has 4 aromatic rings. The molecule has 8 nitrogen and oxygen atoms in total. The monoisotopic (exact) mass is 438 g/mol. The van der Waals surface area contributed by atoms with E-state index in [2.05, 4.69) is 38.4 Å². The molecule has 2 atom stereocenters. The number of aromatic amines is 1. The Morgan fingerprint density at radius 3 is 2.77 bits per heavy atom. The third-order valence-corrected chi connectivity index (χ3v) is 6.83. The van der Waals surface area contributed by atoms with E-state index in [-0.39, 0.29) is 11.7 Å². The first-order valence-electron chi connectivity index (χ1n) is 10.5. The average Bonchev–Trinajstić information content (AvgIpc) is 3.40. The van der Waals surface area contributed by atoms with Crippen LogP contribution in [0.1, 0.15) is 50.4 Å². The highest BCUT2D eigenvalue weighted by molar-refractivity contribution is 7.89. The first kappa shape index (κ1) is 21.2. The van der Waals surface area contributed by atoms with E-state index in [4.69, 9.17) is 0 Å². The van der Waals surface area contributed by atoms with Gasteiger partial charge in [0.2, 0.25) is 0 Å². The Hall–Kier alpha value is -3.07. The lowest BCUT2D eigenvalue weighted by Crippen LogP contribution is -2.14. The summed E-state index contributed by atoms with van der Waals surface area (Å²) in [5.41, 5.74) is 3.15. The van der Waals surface area contributed by atoms with Gasteiger partial charge in [-0.3, -0.25) is 4.40 Å². The molecule has 162 valence electrons. The van der Waals surface area contributed by atoms with Crippen molar-refractivity contribution in [1.29, 1.82) is 0 Å². The second kappa shape index (κ2) is 8.97. The number of hydrogen-bond donors (Lipinski definition) is 1. The lowest BCUT2D eigenvalue weighted by molar-refractivity contribution is 0.410. The number of nitrogens with one attached hydrogen (secondary N) is 1. The molecule has 3 heterocycles. The van der Waals surface area contributed by atoms with Crippen LogP contribution >= 0.6 is 0 Å². The number of fused-ring (bicyclic) bond motifs is 3. The van der Waals surface area contributed by atoms with Crippen molar-refractivity contribution < 1.29 is 8.42 Å². The van der Waals surface area contributed by atoms with Gasteiger partial charge in [-0.25, -0.2) is 13.4 Å². The largest absolute Gasteiger partial charge is 0.345 e. The Kier molecular flexibility index (Phi) is 6.13. The van der Waals surface area contributed by atoms with Crippen LogP contribution in [-0.2, 0) is 15.8 Å². The van der Waals surface area contributed by atoms with E-state index >= 15 is 0 Å². The Morgan fingerprint density at radius 2 is 2.00 bits per heavy atom. The van der Waals surface area contributed by atoms with E-state index in [0.29, 0.717) is 18.0 Å². The van der Waals surface area contributed by atoms with Gasteiger partial charge in [0.25, 0.3) is 10.0 Å². The maximum atomic E-state index is 12.3. The Labute approximate surface area is 181 Å². The van der Waals surface area contributed by atoms with E-state index in [1.54, 1.807) is 18.3 Å². The number of benzene rings is 1. The molecule has 3 aromatic heterocycles. The SMILES string of the molecule is CC[C@@H](C)[C@H](CCC=NS(=O)(=O)Cc1ccccc1)c1nnc2cnc3[nH]ccc3n12. The summed E-state index contributed by atoms with van der Waals surface area (Å²) in [6.45, 7) is 4.33. The fraction of sp³-hybridized carbons (Fsp3) is 0.364. The number of sulfonamides is 1. The van der Waals surface area contributed by atoms with Gasteiger partial charge in [0, 0.05) is 18.3 Å². The molecule has 9 heteroatoms. The molecular weight excluding hydrogens is 412 g/mol. The van der Waals surface area contributed by atoms with E-state index in [1.165, 1.54) is 6.21 Å². The summed E-state index contributed by atoms with van der Waals surface area (Å²) in [5, 5.41) is 8.78. The molecule has 0 aliphatic rings. The summed E-state index contributed by atoms with van der Waals surface area (Å²) in [6, 6.07) is 11.1. The molecular formula is C22H26N6O2S. The van der Waals surface area contributed by atoms with E-state index in [0.717, 1.165) is 35.4 Å². The second-order valence-corrected chi connectivity index (χ2v) is 9.45. The maximum absolute atomic E-state index is 12.3. The molecule has 0 unspecified atom stereocenters. The number of H-pyrrole nitrogens is 1. The molecule has 0 aliphatic carbocycles. The molecule has 0 saturated carbocycles. The molecule has 1 N–H and O–H groups in total. The Balaban J connectivity index is 1.53. The molecule has 31 heavy (non-hydrogen) atoms. The minimum Gasteiger partial charge on any atom is -0.345 e. The fourth-order valence-electron chi connectivity index (χ4n) is 3.83. The van der Waals surface area contributed by atoms with Crippen LogP contribution in [0, 0.1) is 5.92 Å². The molecule has 0 bridgehead atoms. The smallest absolute Gasteiger partial charge is 0.256 e. The maximum Gasteiger partial charge on any atom is 0.256 e. The van der Waals surface area contributed by atoms with Crippen LogP contribution in [0.5, 0.6) is 0 Å². The summed E-state index contributed by atoms with van der Waals surface area (Å²) in [7, 11) is -3.54. The van der Waals surface area contributed by atoms with Crippen LogP contribution in [0.25, 0.3) is 16.8 Å². The first-order valence-corrected chi connectivity index (χ1v) is 12.1. The number of rotatable bonds is 9. The zero-order valence-corrected chi connectivity index (χ0v) is 18.5. The molecule has 0 saturated heterocycles. The van der Waals surface area contributed by atoms with Crippen molar-refractivity contribution >= 4 is 33.0 Å². The van der Waals surface area contributed by atoms with Crippen LogP contribution in [-0.4, -0.2) is 39.2 Å². The van der Waals surface area contributed by atoms with Gasteiger partial charge in [-0.05, 0) is 30.4 Å². The van der Waals surface area contributed by atoms with Crippen LogP contribution in [0.4, 0.5) is 0 Å². The Bertz CT molecular complexity index is 1290. The number of aromatic nitrogens is 5. The molecule has 0 radical (unpaired) electrons. The number of hydrogen-bond acceptors (Lipinski definition) is 5. The van der Waals surface area contributed by atoms with Gasteiger partial charge >= 0.3 is 0 Å². The predicted molar refractivity (Wildman–Crippen MR) is 122 cm³/mol. The van der Waals surface area contributed by atoms with E-state index < -0.39 is 10.0 Å². The molecule has 0 amide bonds. The van der Waals surface area contributed by atoms with Gasteiger partial charge in [0.1, 0.15) is 5.82 Å². The minimum absolute atomic E-state index is 0.0909. The van der Waals surface area contributed by atoms with Crippen LogP contribution in [0.2, 0.25) is 0 Å². The molecule has 0 spiro atoms. The lowest BCUT2D eigenvalue weighted by Gasteiger charge is -2.21. The highest BCUT2D eigenvalue weighted by Gasteiger charge is 2.24. The summed E-state index contributed by atoms with van der Waals surface area (Å²) >= 11 is 0. The van der Waals surface area contributed by atoms with Gasteiger partial charge < -0.3 is 4.98 Å². The molecule has 0 fully saturated rings. The van der Waals surface area contributed by atoms with Crippen molar-refractivity contribution in [3.05, 3.63) is 60.2 Å². The van der Waals surface area contributed by atoms with E-state index in [1.807, 2.05) is 34.9 Å². The van der Waals surface area contributed by atoms with Gasteiger partial charge in [-0.15, -0.1) is 10.2 Å². The van der Waals surface area contributed by atoms with Crippen molar-refractivity contribution in [2.24, 2.45) is 10.3 Å². The third-order valence-electron chi connectivity index (χ3n) is 5.66. The van der Waals surface area contributed by atoms with Crippen molar-refractivity contribution in [2.45, 2.75) is 44.8 Å². The number of nitrogens with zero attached hydrogens (tertiary/aromatic N) is 5. The zero-order valence-electron chi connectivity index (χ0n) is 17.6. The topological polar surface area (TPSA) is 105 Å². The Morgan fingerprint density at radius 1 is 1.19 bits per heavy atom. The van der Waals surface area contributed by atoms with Crippen LogP contribution < -0.4 is 0 Å². The van der Waals surface area contributed by atoms with Crippen molar-refractivity contribution in [3.8, 4) is 0 Å². The summed E-state index contributed by atoms with van der Waals surface area (Å²) in [5.74, 6) is 1.25. The van der Waals surface area contributed by atoms with Crippen molar-refractivity contribution in [1.82, 2.24) is 24.6 Å². The highest BCUT2D eigenvalue weighted by atomic mass is 32.2. The molecule has 1 aromatic carbocycles. The van der Waals surface area contributed by atoms with Gasteiger partial charge in [-0.2, -0.15) is 4.40 Å². The van der Waals surface area contributed by atoms with Crippen molar-refractivity contribution in [2.75, 3.05) is 0 Å². The predicted octanol–water partition coefficient (Wildman–Crippen LogP) is 4.12. The first-order chi connectivity index (χ1) is 15.0. The van der Waals surface area contributed by atoms with Gasteiger partial charge in [0.15, 0.2) is 11.3 Å². The zero-order chi connectivity index (χ0) is 21.8.